The summed E-state index contributed by atoms with van der Waals surface area (Å²) in [6.07, 6.45) is 2.78. The molecule has 81 valence electrons. The van der Waals surface area contributed by atoms with Crippen molar-refractivity contribution in [3.05, 3.63) is 40.8 Å². The van der Waals surface area contributed by atoms with Crippen LogP contribution in [0.15, 0.2) is 18.2 Å². The lowest BCUT2D eigenvalue weighted by atomic mass is 9.88. The first-order valence-corrected chi connectivity index (χ1v) is 6.04. The van der Waals surface area contributed by atoms with E-state index >= 15 is 0 Å². The molecule has 1 aromatic carbocycles. The number of rotatable bonds is 3. The Kier molecular flexibility index (Phi) is 2.86. The molecule has 0 N–H and O–H groups in total. The van der Waals surface area contributed by atoms with Gasteiger partial charge in [0.1, 0.15) is 0 Å². The summed E-state index contributed by atoms with van der Waals surface area (Å²) in [6, 6.07) is 7.09. The maximum Gasteiger partial charge on any atom is -0.000901 e. The van der Waals surface area contributed by atoms with E-state index in [4.69, 9.17) is 0 Å². The molecule has 1 aliphatic rings. The first kappa shape index (κ1) is 10.7. The largest absolute Gasteiger partial charge is 0.0587 e. The topological polar surface area (TPSA) is 0 Å². The fraction of sp³-hybridized carbons (Fsp3) is 0.533. The van der Waals surface area contributed by atoms with E-state index in [2.05, 4.69) is 45.9 Å². The van der Waals surface area contributed by atoms with Gasteiger partial charge in [-0.1, -0.05) is 45.9 Å². The summed E-state index contributed by atoms with van der Waals surface area (Å²) >= 11 is 0. The fourth-order valence-corrected chi connectivity index (χ4v) is 2.18. The second kappa shape index (κ2) is 4.00. The van der Waals surface area contributed by atoms with Crippen LogP contribution in [0, 0.1) is 5.92 Å². The minimum absolute atomic E-state index is 0.628. The molecule has 0 bridgehead atoms. The van der Waals surface area contributed by atoms with Crippen molar-refractivity contribution >= 4 is 0 Å². The molecule has 0 heteroatoms. The van der Waals surface area contributed by atoms with Gasteiger partial charge in [-0.05, 0) is 47.3 Å². The van der Waals surface area contributed by atoms with Crippen LogP contribution in [-0.2, 0) is 0 Å². The number of benzene rings is 1. The molecule has 0 amide bonds. The minimum Gasteiger partial charge on any atom is -0.0587 e. The first-order chi connectivity index (χ1) is 7.09. The maximum atomic E-state index is 2.42. The van der Waals surface area contributed by atoms with Crippen molar-refractivity contribution < 1.29 is 0 Å². The minimum atomic E-state index is 0.628. The molecule has 0 nitrogen and oxygen atoms in total. The third-order valence-electron chi connectivity index (χ3n) is 3.29. The Bertz CT molecular complexity index is 343. The van der Waals surface area contributed by atoms with Crippen molar-refractivity contribution in [1.29, 1.82) is 0 Å². The first-order valence-electron chi connectivity index (χ1n) is 6.04. The molecule has 0 aromatic heterocycles. The third-order valence-corrected chi connectivity index (χ3v) is 3.29. The van der Waals surface area contributed by atoms with Crippen LogP contribution in [0.25, 0.3) is 0 Å². The molecular weight excluding hydrogens is 180 g/mol. The van der Waals surface area contributed by atoms with Crippen molar-refractivity contribution in [3.63, 3.8) is 0 Å². The summed E-state index contributed by atoms with van der Waals surface area (Å²) in [4.78, 5) is 0. The standard InChI is InChI=1S/C15H21/c1-10(2)14-8-7-13(12-5-6-12)9-15(14)11(3)4/h7-10,12H,5-6H2,1-4H3. The molecule has 1 radical (unpaired) electrons. The Morgan fingerprint density at radius 3 is 2.33 bits per heavy atom. The van der Waals surface area contributed by atoms with E-state index in [1.807, 2.05) is 0 Å². The summed E-state index contributed by atoms with van der Waals surface area (Å²) in [6.45, 7) is 8.99. The zero-order valence-corrected chi connectivity index (χ0v) is 10.3. The summed E-state index contributed by atoms with van der Waals surface area (Å²) < 4.78 is 0. The van der Waals surface area contributed by atoms with Gasteiger partial charge in [-0.3, -0.25) is 0 Å². The molecule has 0 saturated heterocycles. The lowest BCUT2D eigenvalue weighted by molar-refractivity contribution is 0.846. The Morgan fingerprint density at radius 1 is 1.20 bits per heavy atom. The van der Waals surface area contributed by atoms with E-state index < -0.39 is 0 Å². The van der Waals surface area contributed by atoms with Crippen molar-refractivity contribution in [2.75, 3.05) is 0 Å². The van der Waals surface area contributed by atoms with E-state index in [0.717, 1.165) is 5.92 Å². The zero-order chi connectivity index (χ0) is 11.0. The van der Waals surface area contributed by atoms with Crippen molar-refractivity contribution in [2.45, 2.75) is 52.4 Å². The Balaban J connectivity index is 2.39. The van der Waals surface area contributed by atoms with E-state index in [-0.39, 0.29) is 0 Å². The normalized spacial score (nSPS) is 16.4. The van der Waals surface area contributed by atoms with Gasteiger partial charge in [-0.2, -0.15) is 0 Å². The summed E-state index contributed by atoms with van der Waals surface area (Å²) in [5.41, 5.74) is 4.53. The summed E-state index contributed by atoms with van der Waals surface area (Å²) in [7, 11) is 0. The lowest BCUT2D eigenvalue weighted by Crippen LogP contribution is -2.00. The van der Waals surface area contributed by atoms with Gasteiger partial charge in [0.15, 0.2) is 0 Å². The Hall–Kier alpha value is -0.780. The van der Waals surface area contributed by atoms with Crippen LogP contribution >= 0.6 is 0 Å². The van der Waals surface area contributed by atoms with Gasteiger partial charge in [-0.15, -0.1) is 0 Å². The van der Waals surface area contributed by atoms with Crippen LogP contribution in [0.4, 0.5) is 0 Å². The highest BCUT2D eigenvalue weighted by atomic mass is 14.3. The van der Waals surface area contributed by atoms with Crippen LogP contribution < -0.4 is 0 Å². The lowest BCUT2D eigenvalue weighted by Gasteiger charge is -2.16. The molecule has 0 heterocycles. The molecule has 15 heavy (non-hydrogen) atoms. The molecular formula is C15H21. The number of hydrogen-bond donors (Lipinski definition) is 0. The van der Waals surface area contributed by atoms with E-state index in [0.29, 0.717) is 5.92 Å². The van der Waals surface area contributed by atoms with Crippen molar-refractivity contribution in [1.82, 2.24) is 0 Å². The second-order valence-corrected chi connectivity index (χ2v) is 5.28. The van der Waals surface area contributed by atoms with Gasteiger partial charge in [0.05, 0.1) is 0 Å². The predicted molar refractivity (Wildman–Crippen MR) is 66.2 cm³/mol. The molecule has 1 fully saturated rings. The van der Waals surface area contributed by atoms with Gasteiger partial charge >= 0.3 is 0 Å². The van der Waals surface area contributed by atoms with Gasteiger partial charge in [-0.25, -0.2) is 0 Å². The molecule has 1 aliphatic carbocycles. The average Bonchev–Trinajstić information content (AvgIpc) is 2.99. The molecule has 0 aliphatic heterocycles. The fourth-order valence-electron chi connectivity index (χ4n) is 2.18. The van der Waals surface area contributed by atoms with Crippen LogP contribution in [-0.4, -0.2) is 0 Å². The van der Waals surface area contributed by atoms with Crippen LogP contribution in [0.3, 0.4) is 0 Å². The van der Waals surface area contributed by atoms with Crippen molar-refractivity contribution in [3.8, 4) is 0 Å². The zero-order valence-electron chi connectivity index (χ0n) is 10.3. The molecule has 2 rings (SSSR count). The van der Waals surface area contributed by atoms with Gasteiger partial charge in [0, 0.05) is 0 Å². The Morgan fingerprint density at radius 2 is 1.87 bits per heavy atom. The van der Waals surface area contributed by atoms with E-state index in [1.165, 1.54) is 29.9 Å². The van der Waals surface area contributed by atoms with E-state index in [1.54, 1.807) is 5.56 Å². The van der Waals surface area contributed by atoms with E-state index in [9.17, 15) is 0 Å². The Labute approximate surface area is 93.7 Å². The quantitative estimate of drug-likeness (QED) is 0.667. The van der Waals surface area contributed by atoms with Gasteiger partial charge in [0.25, 0.3) is 0 Å². The van der Waals surface area contributed by atoms with Gasteiger partial charge in [0.2, 0.25) is 0 Å². The SMILES string of the molecule is C[C](C)c1cc(C2CC2)ccc1C(C)C. The molecule has 0 atom stereocenters. The highest BCUT2D eigenvalue weighted by molar-refractivity contribution is 5.43. The average molecular weight is 201 g/mol. The monoisotopic (exact) mass is 201 g/mol. The smallest absolute Gasteiger partial charge is 0.000901 e. The maximum absolute atomic E-state index is 2.42. The van der Waals surface area contributed by atoms with Crippen LogP contribution in [0.2, 0.25) is 0 Å². The highest BCUT2D eigenvalue weighted by Gasteiger charge is 2.24. The summed E-state index contributed by atoms with van der Waals surface area (Å²) in [5, 5.41) is 0. The van der Waals surface area contributed by atoms with Crippen LogP contribution in [0.1, 0.15) is 69.1 Å². The molecule has 0 spiro atoms. The second-order valence-electron chi connectivity index (χ2n) is 5.28. The molecule has 0 unspecified atom stereocenters. The van der Waals surface area contributed by atoms with Gasteiger partial charge < -0.3 is 0 Å². The molecule has 1 saturated carbocycles. The number of hydrogen-bond acceptors (Lipinski definition) is 0. The highest BCUT2D eigenvalue weighted by Crippen LogP contribution is 2.41. The predicted octanol–water partition coefficient (Wildman–Crippen LogP) is 4.65. The van der Waals surface area contributed by atoms with Crippen molar-refractivity contribution in [2.24, 2.45) is 0 Å². The third kappa shape index (κ3) is 2.25. The van der Waals surface area contributed by atoms with Crippen LogP contribution in [0.5, 0.6) is 0 Å². The molecule has 1 aromatic rings. The summed E-state index contributed by atoms with van der Waals surface area (Å²) in [5.74, 6) is 2.94.